The van der Waals surface area contributed by atoms with Crippen LogP contribution in [0.25, 0.3) is 5.57 Å². The molecule has 0 spiro atoms. The van der Waals surface area contributed by atoms with E-state index in [9.17, 15) is 17.6 Å². The van der Waals surface area contributed by atoms with Crippen LogP contribution in [-0.2, 0) is 13.0 Å². The van der Waals surface area contributed by atoms with Crippen molar-refractivity contribution in [2.24, 2.45) is 5.92 Å². The summed E-state index contributed by atoms with van der Waals surface area (Å²) in [4.78, 5) is 0. The van der Waals surface area contributed by atoms with E-state index in [1.165, 1.54) is 12.1 Å². The van der Waals surface area contributed by atoms with Crippen molar-refractivity contribution in [2.75, 3.05) is 0 Å². The van der Waals surface area contributed by atoms with Crippen LogP contribution in [0.1, 0.15) is 51.1 Å². The van der Waals surface area contributed by atoms with Gasteiger partial charge in [0.1, 0.15) is 5.82 Å². The van der Waals surface area contributed by atoms with E-state index in [0.29, 0.717) is 11.3 Å². The maximum atomic E-state index is 12.6. The van der Waals surface area contributed by atoms with Crippen molar-refractivity contribution in [3.05, 3.63) is 71.3 Å². The number of fused-ring (bicyclic) bond motifs is 1. The molecule has 0 aliphatic carbocycles. The zero-order valence-electron chi connectivity index (χ0n) is 19.8. The molecular formula is C23H30F4I4N2Pb. The topological polar surface area (TPSA) is 17.8 Å². The van der Waals surface area contributed by atoms with Gasteiger partial charge in [0.2, 0.25) is 0 Å². The number of aryl methyl sites for hydroxylation is 3. The average molecular weight is 1130 g/mol. The van der Waals surface area contributed by atoms with Crippen LogP contribution >= 0.6 is 71.0 Å². The molecule has 0 radical (unpaired) electrons. The van der Waals surface area contributed by atoms with Gasteiger partial charge in [-0.3, -0.25) is 4.68 Å². The van der Waals surface area contributed by atoms with Gasteiger partial charge in [-0.25, -0.2) is 4.39 Å². The first-order valence-electron chi connectivity index (χ1n) is 10.6. The Kier molecular flexibility index (Phi) is 17.9. The van der Waals surface area contributed by atoms with E-state index in [1.807, 2.05) is 45.4 Å². The fraction of sp³-hybridized carbons (Fsp3) is 0.435. The van der Waals surface area contributed by atoms with Crippen molar-refractivity contribution in [1.82, 2.24) is 9.78 Å². The summed E-state index contributed by atoms with van der Waals surface area (Å²) in [6.45, 7) is 13.6. The Hall–Kier alpha value is 1.47. The monoisotopic (exact) mass is 1130 g/mol. The SMILES string of the molecule is C=C(/C=C(/c1cc2n(n1)CCC2)C(C)C)C(F)(F)F.CC.Cc1ccc(F)cc1.[I][Pb]([I])([I])[I]. The molecule has 0 saturated heterocycles. The summed E-state index contributed by atoms with van der Waals surface area (Å²) in [5.74, 6) is -0.203. The molecule has 0 fully saturated rings. The van der Waals surface area contributed by atoms with Gasteiger partial charge >= 0.3 is 81.2 Å². The first-order chi connectivity index (χ1) is 15.6. The van der Waals surface area contributed by atoms with Crippen LogP contribution in [0.2, 0.25) is 0 Å². The van der Waals surface area contributed by atoms with Crippen LogP contribution in [0.5, 0.6) is 0 Å². The predicted octanol–water partition coefficient (Wildman–Crippen LogP) is 10.3. The molecule has 0 amide bonds. The van der Waals surface area contributed by atoms with Crippen LogP contribution in [0.4, 0.5) is 17.6 Å². The van der Waals surface area contributed by atoms with Gasteiger partial charge in [0.05, 0.1) is 5.69 Å². The molecular weight excluding hydrogens is 1100 g/mol. The summed E-state index contributed by atoms with van der Waals surface area (Å²) < 4.78 is 50.3. The summed E-state index contributed by atoms with van der Waals surface area (Å²) in [5.41, 5.74) is 2.58. The molecule has 2 aromatic rings. The van der Waals surface area contributed by atoms with Gasteiger partial charge in [0, 0.05) is 17.8 Å². The van der Waals surface area contributed by atoms with Crippen LogP contribution < -0.4 is 0 Å². The van der Waals surface area contributed by atoms with Gasteiger partial charge in [0.15, 0.2) is 0 Å². The minimum atomic E-state index is -4.39. The van der Waals surface area contributed by atoms with E-state index in [1.54, 1.807) is 12.1 Å². The number of rotatable bonds is 3. The summed E-state index contributed by atoms with van der Waals surface area (Å²) in [7, 11) is 0. The first kappa shape index (κ1) is 35.5. The zero-order chi connectivity index (χ0) is 26.7. The maximum absolute atomic E-state index is 12.6. The number of nitrogens with zero attached hydrogens (tertiary/aromatic N) is 2. The molecule has 1 aliphatic heterocycles. The quantitative estimate of drug-likeness (QED) is 0.130. The number of hydrogen-bond donors (Lipinski definition) is 0. The Morgan fingerprint density at radius 2 is 1.62 bits per heavy atom. The number of aromatic nitrogens is 2. The second-order valence-electron chi connectivity index (χ2n) is 7.35. The Labute approximate surface area is 241 Å². The van der Waals surface area contributed by atoms with Gasteiger partial charge in [-0.2, -0.15) is 18.3 Å². The molecule has 192 valence electrons. The summed E-state index contributed by atoms with van der Waals surface area (Å²) >= 11 is 10.2. The fourth-order valence-electron chi connectivity index (χ4n) is 2.74. The second-order valence-corrected chi connectivity index (χ2v) is 176. The molecule has 0 saturated carbocycles. The van der Waals surface area contributed by atoms with Gasteiger partial charge in [-0.05, 0) is 55.5 Å². The molecule has 0 N–H and O–H groups in total. The molecule has 3 rings (SSSR count). The molecule has 1 aromatic heterocycles. The molecule has 11 heteroatoms. The van der Waals surface area contributed by atoms with E-state index >= 15 is 0 Å². The Balaban J connectivity index is 0.000000597. The van der Waals surface area contributed by atoms with Gasteiger partial charge in [-0.1, -0.05) is 52.0 Å². The van der Waals surface area contributed by atoms with Crippen molar-refractivity contribution in [2.45, 2.75) is 60.2 Å². The molecule has 2 heterocycles. The van der Waals surface area contributed by atoms with Gasteiger partial charge in [0.25, 0.3) is 0 Å². The number of allylic oxidation sites excluding steroid dienone is 3. The van der Waals surface area contributed by atoms with Crippen molar-refractivity contribution in [3.63, 3.8) is 0 Å². The fourth-order valence-corrected chi connectivity index (χ4v) is 2.74. The second kappa shape index (κ2) is 17.1. The van der Waals surface area contributed by atoms with Crippen LogP contribution in [0.15, 0.2) is 48.6 Å². The number of alkyl halides is 3. The van der Waals surface area contributed by atoms with Gasteiger partial charge < -0.3 is 0 Å². The van der Waals surface area contributed by atoms with Gasteiger partial charge in [-0.15, -0.1) is 0 Å². The van der Waals surface area contributed by atoms with E-state index in [0.717, 1.165) is 36.7 Å². The van der Waals surface area contributed by atoms with Crippen molar-refractivity contribution >= 4 is 80.6 Å². The Morgan fingerprint density at radius 3 is 2.00 bits per heavy atom. The van der Waals surface area contributed by atoms with Crippen LogP contribution in [-0.4, -0.2) is 20.0 Å². The summed E-state index contributed by atoms with van der Waals surface area (Å²) in [6.07, 6.45) is -1.28. The molecule has 0 bridgehead atoms. The summed E-state index contributed by atoms with van der Waals surface area (Å²) in [5, 5.41) is 4.39. The number of hydrogen-bond acceptors (Lipinski definition) is 1. The number of benzene rings is 1. The zero-order valence-corrected chi connectivity index (χ0v) is 32.3. The minimum absolute atomic E-state index is 0.0327. The third kappa shape index (κ3) is 15.7. The molecule has 2 nitrogen and oxygen atoms in total. The van der Waals surface area contributed by atoms with Crippen molar-refractivity contribution < 1.29 is 17.6 Å². The van der Waals surface area contributed by atoms with Crippen LogP contribution in [0, 0.1) is 18.7 Å². The normalized spacial score (nSPS) is 13.1. The van der Waals surface area contributed by atoms with Crippen molar-refractivity contribution in [1.29, 1.82) is 0 Å². The van der Waals surface area contributed by atoms with E-state index in [-0.39, 0.29) is 11.7 Å². The molecule has 0 atom stereocenters. The molecule has 1 aromatic carbocycles. The first-order valence-corrected chi connectivity index (χ1v) is 54.3. The standard InChI is InChI=1S/C14H17F3N2.C7H7F.C2H6.4HI.Pb/c1-9(2)12(7-10(3)14(15,16)17)13-8-11-5-4-6-19(11)18-13;1-6-2-4-7(8)5-3-6;1-2;;;;;/h7-9H,3-6H2,1-2H3;2-5H,1H3;1-2H3;4*1H;/q;;;;;;;+4/p-4/b12-7+;;;;;;;. The Morgan fingerprint density at radius 1 is 1.12 bits per heavy atom. The third-order valence-corrected chi connectivity index (χ3v) is 4.29. The van der Waals surface area contributed by atoms with E-state index < -0.39 is 15.7 Å². The average Bonchev–Trinajstić information content (AvgIpc) is 3.30. The van der Waals surface area contributed by atoms with Crippen LogP contribution in [0.3, 0.4) is 0 Å². The molecule has 1 aliphatic rings. The number of halogens is 8. The Bertz CT molecular complexity index is 870. The van der Waals surface area contributed by atoms with Crippen molar-refractivity contribution in [3.8, 4) is 0 Å². The predicted molar refractivity (Wildman–Crippen MR) is 173 cm³/mol. The van der Waals surface area contributed by atoms with E-state index in [2.05, 4.69) is 82.7 Å². The van der Waals surface area contributed by atoms with E-state index in [4.69, 9.17) is 0 Å². The third-order valence-electron chi connectivity index (χ3n) is 4.29. The molecule has 0 unspecified atom stereocenters. The summed E-state index contributed by atoms with van der Waals surface area (Å²) in [6, 6.07) is 8.29. The molecule has 34 heavy (non-hydrogen) atoms.